The first-order valence-corrected chi connectivity index (χ1v) is 16.1. The molecule has 1 nitrogen and oxygen atoms in total. The van der Waals surface area contributed by atoms with Gasteiger partial charge >= 0.3 is 0 Å². The van der Waals surface area contributed by atoms with Gasteiger partial charge in [-0.15, -0.1) is 11.3 Å². The fraction of sp³-hybridized carbons (Fsp3) is 0.0233. The molecule has 8 aromatic rings. The molecule has 0 unspecified atom stereocenters. The van der Waals surface area contributed by atoms with E-state index in [1.807, 2.05) is 29.5 Å². The van der Waals surface area contributed by atoms with Gasteiger partial charge in [-0.05, 0) is 92.9 Å². The molecule has 0 atom stereocenters. The third kappa shape index (κ3) is 5.10. The second kappa shape index (κ2) is 11.2. The Morgan fingerprint density at radius 3 is 1.69 bits per heavy atom. The molecule has 8 rings (SSSR count). The van der Waals surface area contributed by atoms with Crippen molar-refractivity contribution in [1.82, 2.24) is 0 Å². The van der Waals surface area contributed by atoms with E-state index in [4.69, 9.17) is 5.73 Å². The summed E-state index contributed by atoms with van der Waals surface area (Å²) in [4.78, 5) is 0. The molecule has 0 saturated carbocycles. The molecule has 0 aliphatic rings. The Morgan fingerprint density at radius 2 is 0.933 bits per heavy atom. The van der Waals surface area contributed by atoms with Gasteiger partial charge in [0.25, 0.3) is 0 Å². The summed E-state index contributed by atoms with van der Waals surface area (Å²) in [6.45, 7) is 2.17. The molecule has 214 valence electrons. The molecule has 2 N–H and O–H groups in total. The normalized spacial score (nSPS) is 11.3. The van der Waals surface area contributed by atoms with Gasteiger partial charge in [-0.2, -0.15) is 0 Å². The number of para-hydroxylation sites is 1. The molecule has 0 spiro atoms. The smallest absolute Gasteiger partial charge is 0.0433 e. The van der Waals surface area contributed by atoms with Gasteiger partial charge in [-0.1, -0.05) is 127 Å². The Morgan fingerprint density at radius 1 is 0.400 bits per heavy atom. The minimum absolute atomic E-state index is 0.793. The van der Waals surface area contributed by atoms with Gasteiger partial charge < -0.3 is 5.73 Å². The van der Waals surface area contributed by atoms with Crippen LogP contribution in [0.5, 0.6) is 0 Å². The van der Waals surface area contributed by atoms with Crippen molar-refractivity contribution < 1.29 is 0 Å². The zero-order valence-corrected chi connectivity index (χ0v) is 25.8. The van der Waals surface area contributed by atoms with E-state index in [9.17, 15) is 0 Å². The van der Waals surface area contributed by atoms with E-state index < -0.39 is 0 Å². The van der Waals surface area contributed by atoms with Crippen molar-refractivity contribution in [2.45, 2.75) is 6.92 Å². The highest BCUT2D eigenvalue weighted by Crippen LogP contribution is 2.40. The summed E-state index contributed by atoms with van der Waals surface area (Å²) in [6.07, 6.45) is 0. The highest BCUT2D eigenvalue weighted by Gasteiger charge is 2.11. The van der Waals surface area contributed by atoms with Crippen molar-refractivity contribution in [2.24, 2.45) is 0 Å². The lowest BCUT2D eigenvalue weighted by atomic mass is 9.93. The average Bonchev–Trinajstić information content (AvgIpc) is 3.47. The molecule has 7 aromatic carbocycles. The van der Waals surface area contributed by atoms with Gasteiger partial charge in [0.05, 0.1) is 0 Å². The van der Waals surface area contributed by atoms with Crippen molar-refractivity contribution in [3.63, 3.8) is 0 Å². The molecule has 0 aliphatic heterocycles. The van der Waals surface area contributed by atoms with E-state index in [1.54, 1.807) is 0 Å². The molecule has 1 heterocycles. The Bertz CT molecular complexity index is 2340. The monoisotopic (exact) mass is 593 g/mol. The molecule has 0 saturated heterocycles. The number of hydrogen-bond acceptors (Lipinski definition) is 2. The van der Waals surface area contributed by atoms with Gasteiger partial charge in [0.2, 0.25) is 0 Å². The highest BCUT2D eigenvalue weighted by atomic mass is 32.1. The Labute approximate surface area is 267 Å². The van der Waals surface area contributed by atoms with E-state index in [0.717, 1.165) is 16.8 Å². The van der Waals surface area contributed by atoms with Crippen molar-refractivity contribution >= 4 is 37.2 Å². The molecule has 1 aromatic heterocycles. The Kier molecular flexibility index (Phi) is 6.78. The van der Waals surface area contributed by atoms with Gasteiger partial charge in [0, 0.05) is 31.4 Å². The predicted octanol–water partition coefficient (Wildman–Crippen LogP) is 12.3. The van der Waals surface area contributed by atoms with Crippen molar-refractivity contribution in [3.8, 4) is 55.6 Å². The fourth-order valence-electron chi connectivity index (χ4n) is 6.44. The zero-order valence-electron chi connectivity index (χ0n) is 25.0. The van der Waals surface area contributed by atoms with Crippen LogP contribution in [0, 0.1) is 6.92 Å². The molecular formula is C43H31NS. The van der Waals surface area contributed by atoms with Gasteiger partial charge in [-0.3, -0.25) is 0 Å². The second-order valence-corrected chi connectivity index (χ2v) is 12.7. The van der Waals surface area contributed by atoms with Crippen LogP contribution in [0.15, 0.2) is 158 Å². The lowest BCUT2D eigenvalue weighted by Gasteiger charge is -2.12. The first-order chi connectivity index (χ1) is 22.1. The molecule has 0 amide bonds. The van der Waals surface area contributed by atoms with Gasteiger partial charge in [-0.25, -0.2) is 0 Å². The Hall–Kier alpha value is -5.44. The van der Waals surface area contributed by atoms with E-state index in [-0.39, 0.29) is 0 Å². The first kappa shape index (κ1) is 27.1. The van der Waals surface area contributed by atoms with Gasteiger partial charge in [0.15, 0.2) is 0 Å². The maximum absolute atomic E-state index is 6.30. The predicted molar refractivity (Wildman–Crippen MR) is 196 cm³/mol. The summed E-state index contributed by atoms with van der Waals surface area (Å²) >= 11 is 1.88. The highest BCUT2D eigenvalue weighted by molar-refractivity contribution is 7.26. The molecule has 0 radical (unpaired) electrons. The summed E-state index contributed by atoms with van der Waals surface area (Å²) in [5.74, 6) is 0. The van der Waals surface area contributed by atoms with E-state index in [2.05, 4.69) is 146 Å². The van der Waals surface area contributed by atoms with Crippen molar-refractivity contribution in [2.75, 3.05) is 5.73 Å². The topological polar surface area (TPSA) is 26.0 Å². The third-order valence-electron chi connectivity index (χ3n) is 8.67. The summed E-state index contributed by atoms with van der Waals surface area (Å²) < 4.78 is 2.68. The molecule has 2 heteroatoms. The number of benzene rings is 7. The van der Waals surface area contributed by atoms with Crippen LogP contribution in [0.25, 0.3) is 75.8 Å². The van der Waals surface area contributed by atoms with Crippen LogP contribution < -0.4 is 5.73 Å². The van der Waals surface area contributed by atoms with Crippen LogP contribution in [0.2, 0.25) is 0 Å². The first-order valence-electron chi connectivity index (χ1n) is 15.3. The summed E-state index contributed by atoms with van der Waals surface area (Å²) in [5, 5.41) is 2.67. The lowest BCUT2D eigenvalue weighted by molar-refractivity contribution is 1.46. The van der Waals surface area contributed by atoms with E-state index >= 15 is 0 Å². The quantitative estimate of drug-likeness (QED) is 0.197. The number of rotatable bonds is 5. The molecule has 45 heavy (non-hydrogen) atoms. The number of thiophene rings is 1. The van der Waals surface area contributed by atoms with Crippen molar-refractivity contribution in [1.29, 1.82) is 0 Å². The van der Waals surface area contributed by atoms with Crippen LogP contribution in [0.3, 0.4) is 0 Å². The maximum Gasteiger partial charge on any atom is 0.0433 e. The van der Waals surface area contributed by atoms with Crippen LogP contribution in [-0.2, 0) is 0 Å². The minimum Gasteiger partial charge on any atom is -0.398 e. The van der Waals surface area contributed by atoms with E-state index in [1.165, 1.54) is 70.2 Å². The number of nitrogens with two attached hydrogens (primary N) is 1. The maximum atomic E-state index is 6.30. The summed E-state index contributed by atoms with van der Waals surface area (Å²) in [6, 6.07) is 56.8. The standard InChI is InChI=1S/C43H31NS/c1-28-23-35(27-36(24-28)33-11-7-12-34(26-33)37-13-2-4-17-41(37)44)32-10-6-9-31(25-32)29-19-21-30(22-20-29)38-15-8-16-40-39-14-3-5-18-42(39)45-43(38)40/h2-27H,44H2,1H3. The lowest BCUT2D eigenvalue weighted by Crippen LogP contribution is -1.90. The largest absolute Gasteiger partial charge is 0.398 e. The zero-order chi connectivity index (χ0) is 30.3. The van der Waals surface area contributed by atoms with Crippen LogP contribution in [0.4, 0.5) is 5.69 Å². The van der Waals surface area contributed by atoms with Gasteiger partial charge in [0.1, 0.15) is 0 Å². The summed E-state index contributed by atoms with van der Waals surface area (Å²) in [7, 11) is 0. The number of fused-ring (bicyclic) bond motifs is 3. The fourth-order valence-corrected chi connectivity index (χ4v) is 7.68. The molecule has 0 bridgehead atoms. The number of anilines is 1. The minimum atomic E-state index is 0.793. The number of aryl methyl sites for hydroxylation is 1. The number of hydrogen-bond donors (Lipinski definition) is 1. The SMILES string of the molecule is Cc1cc(-c2cccc(-c3ccc(-c4cccc5c4sc4ccccc45)cc3)c2)cc(-c2cccc(-c3ccccc3N)c2)c1. The molecule has 0 fully saturated rings. The molecular weight excluding hydrogens is 563 g/mol. The van der Waals surface area contributed by atoms with Crippen molar-refractivity contribution in [3.05, 3.63) is 163 Å². The Balaban J connectivity index is 1.12. The second-order valence-electron chi connectivity index (χ2n) is 11.7. The van der Waals surface area contributed by atoms with Crippen LogP contribution in [-0.4, -0.2) is 0 Å². The average molecular weight is 594 g/mol. The van der Waals surface area contributed by atoms with E-state index in [0.29, 0.717) is 0 Å². The third-order valence-corrected chi connectivity index (χ3v) is 9.89. The number of nitrogen functional groups attached to an aromatic ring is 1. The van der Waals surface area contributed by atoms with Crippen LogP contribution in [0.1, 0.15) is 5.56 Å². The van der Waals surface area contributed by atoms with Crippen LogP contribution >= 0.6 is 11.3 Å². The summed E-state index contributed by atoms with van der Waals surface area (Å²) in [5.41, 5.74) is 20.3. The molecule has 0 aliphatic carbocycles.